The number of anilines is 1. The monoisotopic (exact) mass is 412 g/mol. The SMILES string of the molecule is O=C(Nc1ccc(-n2ccnc2)c(Cl)c1)c1csc(Cc2ccccc2F)n1. The van der Waals surface area contributed by atoms with E-state index in [1.807, 2.05) is 0 Å². The highest BCUT2D eigenvalue weighted by Gasteiger charge is 2.13. The van der Waals surface area contributed by atoms with Gasteiger partial charge in [-0.05, 0) is 29.8 Å². The summed E-state index contributed by atoms with van der Waals surface area (Å²) in [5.41, 5.74) is 2.15. The Morgan fingerprint density at radius 3 is 2.86 bits per heavy atom. The fourth-order valence-corrected chi connectivity index (χ4v) is 3.77. The molecule has 28 heavy (non-hydrogen) atoms. The minimum atomic E-state index is -0.345. The number of halogens is 2. The molecular formula is C20H14ClFN4OS. The van der Waals surface area contributed by atoms with Gasteiger partial charge in [-0.15, -0.1) is 11.3 Å². The molecule has 0 saturated carbocycles. The van der Waals surface area contributed by atoms with E-state index in [0.29, 0.717) is 27.7 Å². The van der Waals surface area contributed by atoms with E-state index in [1.165, 1.54) is 17.4 Å². The van der Waals surface area contributed by atoms with Crippen LogP contribution in [-0.2, 0) is 6.42 Å². The van der Waals surface area contributed by atoms with Gasteiger partial charge in [-0.2, -0.15) is 0 Å². The Morgan fingerprint density at radius 2 is 2.11 bits per heavy atom. The summed E-state index contributed by atoms with van der Waals surface area (Å²) in [6.45, 7) is 0. The topological polar surface area (TPSA) is 59.8 Å². The molecule has 0 saturated heterocycles. The minimum Gasteiger partial charge on any atom is -0.321 e. The van der Waals surface area contributed by atoms with Crippen LogP contribution in [0.1, 0.15) is 21.1 Å². The maximum absolute atomic E-state index is 13.8. The molecular weight excluding hydrogens is 399 g/mol. The Bertz CT molecular complexity index is 1130. The lowest BCUT2D eigenvalue weighted by atomic mass is 10.1. The first-order valence-corrected chi connectivity index (χ1v) is 9.63. The van der Waals surface area contributed by atoms with Crippen LogP contribution < -0.4 is 5.32 Å². The van der Waals surface area contributed by atoms with Crippen molar-refractivity contribution in [2.45, 2.75) is 6.42 Å². The summed E-state index contributed by atoms with van der Waals surface area (Å²) in [5.74, 6) is -0.626. The number of carbonyl (C=O) groups is 1. The number of benzene rings is 2. The molecule has 0 unspecified atom stereocenters. The second-order valence-electron chi connectivity index (χ2n) is 5.98. The molecule has 2 heterocycles. The molecule has 2 aromatic carbocycles. The van der Waals surface area contributed by atoms with Crippen molar-refractivity contribution in [3.63, 3.8) is 0 Å². The minimum absolute atomic E-state index is 0.281. The van der Waals surface area contributed by atoms with E-state index in [4.69, 9.17) is 11.6 Å². The van der Waals surface area contributed by atoms with Gasteiger partial charge in [0.25, 0.3) is 5.91 Å². The average molecular weight is 413 g/mol. The van der Waals surface area contributed by atoms with Crippen LogP contribution in [0.5, 0.6) is 0 Å². The number of thiazole rings is 1. The van der Waals surface area contributed by atoms with E-state index in [9.17, 15) is 9.18 Å². The number of aromatic nitrogens is 3. The summed E-state index contributed by atoms with van der Waals surface area (Å²) in [5, 5.41) is 5.59. The van der Waals surface area contributed by atoms with E-state index in [1.54, 1.807) is 65.1 Å². The molecule has 0 radical (unpaired) electrons. The van der Waals surface area contributed by atoms with Crippen molar-refractivity contribution in [1.82, 2.24) is 14.5 Å². The number of hydrogen-bond acceptors (Lipinski definition) is 4. The highest BCUT2D eigenvalue weighted by atomic mass is 35.5. The summed E-state index contributed by atoms with van der Waals surface area (Å²) < 4.78 is 15.6. The Kier molecular flexibility index (Phi) is 5.18. The Hall–Kier alpha value is -3.03. The lowest BCUT2D eigenvalue weighted by Crippen LogP contribution is -2.12. The third kappa shape index (κ3) is 3.95. The van der Waals surface area contributed by atoms with Gasteiger partial charge in [0.15, 0.2) is 0 Å². The molecule has 4 aromatic rings. The maximum atomic E-state index is 13.8. The summed E-state index contributed by atoms with van der Waals surface area (Å²) in [7, 11) is 0. The molecule has 0 spiro atoms. The molecule has 140 valence electrons. The first kappa shape index (κ1) is 18.3. The molecule has 5 nitrogen and oxygen atoms in total. The number of imidazole rings is 1. The molecule has 1 N–H and O–H groups in total. The molecule has 0 aliphatic heterocycles. The zero-order chi connectivity index (χ0) is 19.5. The molecule has 0 fully saturated rings. The quantitative estimate of drug-likeness (QED) is 0.503. The van der Waals surface area contributed by atoms with Gasteiger partial charge in [-0.3, -0.25) is 4.79 Å². The van der Waals surface area contributed by atoms with Crippen LogP contribution in [0.2, 0.25) is 5.02 Å². The van der Waals surface area contributed by atoms with Gasteiger partial charge in [0, 0.05) is 29.9 Å². The summed E-state index contributed by atoms with van der Waals surface area (Å²) >= 11 is 7.63. The highest BCUT2D eigenvalue weighted by molar-refractivity contribution is 7.09. The van der Waals surface area contributed by atoms with Gasteiger partial charge in [-0.1, -0.05) is 29.8 Å². The van der Waals surface area contributed by atoms with Crippen LogP contribution in [0.4, 0.5) is 10.1 Å². The lowest BCUT2D eigenvalue weighted by Gasteiger charge is -2.08. The van der Waals surface area contributed by atoms with Crippen molar-refractivity contribution in [1.29, 1.82) is 0 Å². The normalized spacial score (nSPS) is 10.8. The van der Waals surface area contributed by atoms with E-state index in [2.05, 4.69) is 15.3 Å². The molecule has 0 aliphatic carbocycles. The average Bonchev–Trinajstić information content (AvgIpc) is 3.36. The zero-order valence-electron chi connectivity index (χ0n) is 14.5. The van der Waals surface area contributed by atoms with Gasteiger partial charge in [-0.25, -0.2) is 14.4 Å². The van der Waals surface area contributed by atoms with Gasteiger partial charge < -0.3 is 9.88 Å². The number of hydrogen-bond donors (Lipinski definition) is 1. The third-order valence-electron chi connectivity index (χ3n) is 4.07. The van der Waals surface area contributed by atoms with Crippen LogP contribution in [-0.4, -0.2) is 20.4 Å². The van der Waals surface area contributed by atoms with E-state index in [0.717, 1.165) is 5.69 Å². The van der Waals surface area contributed by atoms with Crippen molar-refractivity contribution < 1.29 is 9.18 Å². The standard InChI is InChI=1S/C20H14ClFN4OS/c21-15-10-14(5-6-18(15)26-8-7-23-12-26)24-20(27)17-11-28-19(25-17)9-13-3-1-2-4-16(13)22/h1-8,10-12H,9H2,(H,24,27). The second-order valence-corrected chi connectivity index (χ2v) is 7.33. The van der Waals surface area contributed by atoms with Crippen molar-refractivity contribution in [3.05, 3.63) is 93.7 Å². The first-order chi connectivity index (χ1) is 13.6. The highest BCUT2D eigenvalue weighted by Crippen LogP contribution is 2.25. The molecule has 0 bridgehead atoms. The number of nitrogens with one attached hydrogen (secondary N) is 1. The van der Waals surface area contributed by atoms with Crippen LogP contribution in [0.15, 0.2) is 66.6 Å². The maximum Gasteiger partial charge on any atom is 0.275 e. The smallest absolute Gasteiger partial charge is 0.275 e. The molecule has 8 heteroatoms. The molecule has 0 aliphatic rings. The third-order valence-corrected chi connectivity index (χ3v) is 5.22. The number of carbonyl (C=O) groups excluding carboxylic acids is 1. The fraction of sp³-hybridized carbons (Fsp3) is 0.0500. The summed E-state index contributed by atoms with van der Waals surface area (Å²) in [6.07, 6.45) is 5.43. The van der Waals surface area contributed by atoms with Gasteiger partial charge >= 0.3 is 0 Å². The van der Waals surface area contributed by atoms with E-state index < -0.39 is 0 Å². The molecule has 0 atom stereocenters. The zero-order valence-corrected chi connectivity index (χ0v) is 16.0. The van der Waals surface area contributed by atoms with Gasteiger partial charge in [0.2, 0.25) is 0 Å². The number of rotatable bonds is 5. The van der Waals surface area contributed by atoms with E-state index in [-0.39, 0.29) is 17.4 Å². The van der Waals surface area contributed by atoms with Crippen LogP contribution in [0, 0.1) is 5.82 Å². The van der Waals surface area contributed by atoms with Crippen LogP contribution >= 0.6 is 22.9 Å². The Morgan fingerprint density at radius 1 is 1.25 bits per heavy atom. The number of amides is 1. The van der Waals surface area contributed by atoms with Crippen molar-refractivity contribution in [2.75, 3.05) is 5.32 Å². The summed E-state index contributed by atoms with van der Waals surface area (Å²) in [6, 6.07) is 11.8. The lowest BCUT2D eigenvalue weighted by molar-refractivity contribution is 0.102. The molecule has 1 amide bonds. The first-order valence-electron chi connectivity index (χ1n) is 8.37. The Balaban J connectivity index is 1.46. The van der Waals surface area contributed by atoms with Gasteiger partial charge in [0.05, 0.1) is 22.0 Å². The molecule has 2 aromatic heterocycles. The predicted molar refractivity (Wildman–Crippen MR) is 108 cm³/mol. The van der Waals surface area contributed by atoms with Crippen molar-refractivity contribution >= 4 is 34.5 Å². The van der Waals surface area contributed by atoms with Crippen LogP contribution in [0.25, 0.3) is 5.69 Å². The number of nitrogens with zero attached hydrogens (tertiary/aromatic N) is 3. The second kappa shape index (κ2) is 7.92. The Labute approximate surface area is 169 Å². The van der Waals surface area contributed by atoms with Crippen LogP contribution in [0.3, 0.4) is 0 Å². The molecule has 4 rings (SSSR count). The fourth-order valence-electron chi connectivity index (χ4n) is 2.69. The predicted octanol–water partition coefficient (Wildman–Crippen LogP) is 4.96. The van der Waals surface area contributed by atoms with E-state index >= 15 is 0 Å². The van der Waals surface area contributed by atoms with Crippen molar-refractivity contribution in [2.24, 2.45) is 0 Å². The van der Waals surface area contributed by atoms with Gasteiger partial charge in [0.1, 0.15) is 11.5 Å². The largest absolute Gasteiger partial charge is 0.321 e. The summed E-state index contributed by atoms with van der Waals surface area (Å²) in [4.78, 5) is 20.8. The van der Waals surface area contributed by atoms with Crippen molar-refractivity contribution in [3.8, 4) is 5.69 Å².